The summed E-state index contributed by atoms with van der Waals surface area (Å²) in [6, 6.07) is 5.89. The Kier molecular flexibility index (Phi) is 4.46. The first-order valence-electron chi connectivity index (χ1n) is 5.39. The summed E-state index contributed by atoms with van der Waals surface area (Å²) in [6.07, 6.45) is 0.142. The first kappa shape index (κ1) is 13.9. The van der Waals surface area contributed by atoms with Crippen molar-refractivity contribution >= 4 is 17.7 Å². The monoisotopic (exact) mass is 254 g/mol. The molecule has 0 aromatic heterocycles. The quantitative estimate of drug-likeness (QED) is 0.818. The molecule has 0 spiro atoms. The van der Waals surface area contributed by atoms with E-state index in [0.717, 1.165) is 16.2 Å². The Hall–Kier alpha value is -1.16. The van der Waals surface area contributed by atoms with Crippen LogP contribution in [0.2, 0.25) is 0 Å². The van der Waals surface area contributed by atoms with Gasteiger partial charge in [-0.25, -0.2) is 0 Å². The zero-order valence-corrected chi connectivity index (χ0v) is 11.4. The number of aryl methyl sites for hydroxylation is 1. The average Bonchev–Trinajstić information content (AvgIpc) is 2.14. The lowest BCUT2D eigenvalue weighted by atomic mass is 10.1. The molecule has 0 radical (unpaired) electrons. The Morgan fingerprint density at radius 1 is 1.47 bits per heavy atom. The molecule has 0 amide bonds. The van der Waals surface area contributed by atoms with Crippen molar-refractivity contribution in [2.24, 2.45) is 0 Å². The molecular weight excluding hydrogens is 236 g/mol. The average molecular weight is 254 g/mol. The van der Waals surface area contributed by atoms with Gasteiger partial charge in [0.25, 0.3) is 0 Å². The fourth-order valence-corrected chi connectivity index (χ4v) is 2.84. The van der Waals surface area contributed by atoms with Crippen LogP contribution in [-0.4, -0.2) is 22.9 Å². The Morgan fingerprint density at radius 3 is 2.59 bits per heavy atom. The molecule has 0 aliphatic heterocycles. The first-order chi connectivity index (χ1) is 7.84. The van der Waals surface area contributed by atoms with Gasteiger partial charge in [-0.15, -0.1) is 11.8 Å². The third kappa shape index (κ3) is 4.30. The Morgan fingerprint density at radius 2 is 2.12 bits per heavy atom. The Bertz CT molecular complexity index is 413. The molecule has 0 aliphatic carbocycles. The molecule has 0 heterocycles. The van der Waals surface area contributed by atoms with Crippen molar-refractivity contribution in [2.75, 3.05) is 7.11 Å². The van der Waals surface area contributed by atoms with Crippen molar-refractivity contribution in [1.82, 2.24) is 0 Å². The summed E-state index contributed by atoms with van der Waals surface area (Å²) in [7, 11) is 1.64. The second-order valence-electron chi connectivity index (χ2n) is 4.56. The number of carbonyl (C=O) groups is 1. The summed E-state index contributed by atoms with van der Waals surface area (Å²) in [5.74, 6) is 0.0816. The van der Waals surface area contributed by atoms with Gasteiger partial charge >= 0.3 is 5.97 Å². The van der Waals surface area contributed by atoms with Crippen LogP contribution >= 0.6 is 11.8 Å². The zero-order valence-electron chi connectivity index (χ0n) is 10.6. The van der Waals surface area contributed by atoms with Crippen LogP contribution in [0, 0.1) is 6.92 Å². The van der Waals surface area contributed by atoms with Crippen LogP contribution in [0.25, 0.3) is 0 Å². The molecule has 1 aromatic rings. The lowest BCUT2D eigenvalue weighted by Gasteiger charge is -2.22. The number of benzene rings is 1. The maximum atomic E-state index is 10.7. The smallest absolute Gasteiger partial charge is 0.304 e. The van der Waals surface area contributed by atoms with Crippen LogP contribution < -0.4 is 4.74 Å². The lowest BCUT2D eigenvalue weighted by Crippen LogP contribution is -2.19. The third-order valence-corrected chi connectivity index (χ3v) is 3.52. The van der Waals surface area contributed by atoms with Gasteiger partial charge in [0.1, 0.15) is 5.75 Å². The molecule has 0 unspecified atom stereocenters. The molecule has 0 aliphatic rings. The third-order valence-electron chi connectivity index (χ3n) is 2.34. The summed E-state index contributed by atoms with van der Waals surface area (Å²) >= 11 is 1.57. The molecule has 0 atom stereocenters. The predicted octanol–water partition coefficient (Wildman–Crippen LogP) is 3.35. The molecule has 1 aromatic carbocycles. The van der Waals surface area contributed by atoms with E-state index in [1.165, 1.54) is 0 Å². The van der Waals surface area contributed by atoms with Crippen molar-refractivity contribution in [2.45, 2.75) is 36.8 Å². The van der Waals surface area contributed by atoms with Crippen LogP contribution in [-0.2, 0) is 4.79 Å². The fraction of sp³-hybridized carbons (Fsp3) is 0.462. The predicted molar refractivity (Wildman–Crippen MR) is 69.9 cm³/mol. The molecule has 94 valence electrons. The number of carboxylic acids is 1. The zero-order chi connectivity index (χ0) is 13.1. The maximum absolute atomic E-state index is 10.7. The maximum Gasteiger partial charge on any atom is 0.304 e. The number of hydrogen-bond acceptors (Lipinski definition) is 3. The number of rotatable bonds is 5. The number of ether oxygens (including phenoxy) is 1. The summed E-state index contributed by atoms with van der Waals surface area (Å²) in [4.78, 5) is 11.8. The van der Waals surface area contributed by atoms with Crippen molar-refractivity contribution < 1.29 is 14.6 Å². The van der Waals surface area contributed by atoms with E-state index in [1.54, 1.807) is 18.9 Å². The van der Waals surface area contributed by atoms with Crippen LogP contribution in [0.4, 0.5) is 0 Å². The van der Waals surface area contributed by atoms with Crippen molar-refractivity contribution in [1.29, 1.82) is 0 Å². The molecule has 4 heteroatoms. The van der Waals surface area contributed by atoms with Crippen LogP contribution in [0.1, 0.15) is 25.8 Å². The number of aliphatic carboxylic acids is 1. The van der Waals surface area contributed by atoms with Gasteiger partial charge in [0.2, 0.25) is 0 Å². The highest BCUT2D eigenvalue weighted by Gasteiger charge is 2.23. The van der Waals surface area contributed by atoms with E-state index < -0.39 is 5.97 Å². The fourth-order valence-electron chi connectivity index (χ4n) is 1.63. The minimum Gasteiger partial charge on any atom is -0.496 e. The van der Waals surface area contributed by atoms with Crippen LogP contribution in [0.15, 0.2) is 23.1 Å². The van der Waals surface area contributed by atoms with E-state index in [0.29, 0.717) is 0 Å². The molecule has 3 nitrogen and oxygen atoms in total. The first-order valence-corrected chi connectivity index (χ1v) is 6.21. The van der Waals surface area contributed by atoms with Crippen molar-refractivity contribution in [3.05, 3.63) is 23.8 Å². The molecule has 0 saturated carbocycles. The van der Waals surface area contributed by atoms with E-state index in [1.807, 2.05) is 39.0 Å². The normalized spacial score (nSPS) is 11.3. The summed E-state index contributed by atoms with van der Waals surface area (Å²) in [6.45, 7) is 5.85. The summed E-state index contributed by atoms with van der Waals surface area (Å²) in [5, 5.41) is 8.83. The Labute approximate surface area is 106 Å². The topological polar surface area (TPSA) is 46.5 Å². The number of methoxy groups -OCH3 is 1. The highest BCUT2D eigenvalue weighted by molar-refractivity contribution is 8.00. The second kappa shape index (κ2) is 5.45. The molecule has 0 saturated heterocycles. The SMILES string of the molecule is COc1ccc(SC(C)(C)CC(=O)O)cc1C. The largest absolute Gasteiger partial charge is 0.496 e. The van der Waals surface area contributed by atoms with Gasteiger partial charge in [-0.2, -0.15) is 0 Å². The van der Waals surface area contributed by atoms with Gasteiger partial charge in [0.15, 0.2) is 0 Å². The molecule has 1 rings (SSSR count). The highest BCUT2D eigenvalue weighted by Crippen LogP contribution is 2.36. The van der Waals surface area contributed by atoms with E-state index in [9.17, 15) is 4.79 Å². The number of carboxylic acid groups (broad SMARTS) is 1. The summed E-state index contributed by atoms with van der Waals surface area (Å²) < 4.78 is 4.88. The van der Waals surface area contributed by atoms with Crippen molar-refractivity contribution in [3.8, 4) is 5.75 Å². The van der Waals surface area contributed by atoms with Gasteiger partial charge in [0.05, 0.1) is 13.5 Å². The Balaban J connectivity index is 2.81. The van der Waals surface area contributed by atoms with Crippen molar-refractivity contribution in [3.63, 3.8) is 0 Å². The van der Waals surface area contributed by atoms with E-state index in [4.69, 9.17) is 9.84 Å². The van der Waals surface area contributed by atoms with E-state index in [2.05, 4.69) is 0 Å². The number of thioether (sulfide) groups is 1. The number of hydrogen-bond donors (Lipinski definition) is 1. The van der Waals surface area contributed by atoms with Gasteiger partial charge in [-0.1, -0.05) is 0 Å². The van der Waals surface area contributed by atoms with Gasteiger partial charge < -0.3 is 9.84 Å². The summed E-state index contributed by atoms with van der Waals surface area (Å²) in [5.41, 5.74) is 1.06. The molecule has 1 N–H and O–H groups in total. The highest BCUT2D eigenvalue weighted by atomic mass is 32.2. The minimum absolute atomic E-state index is 0.142. The standard InChI is InChI=1S/C13H18O3S/c1-9-7-10(5-6-11(9)16-4)17-13(2,3)8-12(14)15/h5-7H,8H2,1-4H3,(H,14,15). The second-order valence-corrected chi connectivity index (χ2v) is 6.34. The van der Waals surface area contributed by atoms with E-state index in [-0.39, 0.29) is 11.2 Å². The molecule has 0 fully saturated rings. The lowest BCUT2D eigenvalue weighted by molar-refractivity contribution is -0.137. The van der Waals surface area contributed by atoms with Gasteiger partial charge in [-0.05, 0) is 44.5 Å². The minimum atomic E-state index is -0.771. The molecule has 17 heavy (non-hydrogen) atoms. The van der Waals surface area contributed by atoms with E-state index >= 15 is 0 Å². The van der Waals surface area contributed by atoms with Gasteiger partial charge in [-0.3, -0.25) is 4.79 Å². The van der Waals surface area contributed by atoms with Gasteiger partial charge in [0, 0.05) is 9.64 Å². The molecule has 0 bridgehead atoms. The molecular formula is C13H18O3S. The van der Waals surface area contributed by atoms with Crippen LogP contribution in [0.3, 0.4) is 0 Å². The van der Waals surface area contributed by atoms with Crippen LogP contribution in [0.5, 0.6) is 5.75 Å².